The Morgan fingerprint density at radius 3 is 2.70 bits per heavy atom. The Morgan fingerprint density at radius 2 is 2.00 bits per heavy atom. The van der Waals surface area contributed by atoms with E-state index in [2.05, 4.69) is 20.2 Å². The van der Waals surface area contributed by atoms with E-state index in [4.69, 9.17) is 22.1 Å². The number of benzene rings is 1. The average molecular weight is 391 g/mol. The summed E-state index contributed by atoms with van der Waals surface area (Å²) in [6, 6.07) is 6.53. The first-order chi connectivity index (χ1) is 13.0. The number of rotatable bonds is 3. The Hall–Kier alpha value is -1.86. The van der Waals surface area contributed by atoms with Gasteiger partial charge in [-0.25, -0.2) is 4.98 Å². The van der Waals surface area contributed by atoms with E-state index in [1.54, 1.807) is 20.2 Å². The molecule has 4 rings (SSSR count). The normalized spacial score (nSPS) is 18.0. The zero-order valence-electron chi connectivity index (χ0n) is 16.1. The van der Waals surface area contributed by atoms with Crippen molar-refractivity contribution in [2.75, 3.05) is 13.1 Å². The summed E-state index contributed by atoms with van der Waals surface area (Å²) >= 11 is 5.53. The molecular formula is C20H30N4O2S. The first-order valence-corrected chi connectivity index (χ1v) is 10.3. The summed E-state index contributed by atoms with van der Waals surface area (Å²) < 4.78 is 6.08. The van der Waals surface area contributed by atoms with E-state index in [0.29, 0.717) is 6.04 Å². The van der Waals surface area contributed by atoms with Crippen molar-refractivity contribution >= 4 is 28.4 Å². The monoisotopic (exact) mass is 390 g/mol. The number of ether oxygens (including phenoxy) is 1. The van der Waals surface area contributed by atoms with Crippen LogP contribution >= 0.6 is 12.2 Å². The minimum Gasteiger partial charge on any atom is -0.484 e. The number of hydrogen-bond donors (Lipinski definition) is 3. The fraction of sp³-hybridized carbons (Fsp3) is 0.600. The molecule has 2 fully saturated rings. The van der Waals surface area contributed by atoms with Crippen LogP contribution in [0.2, 0.25) is 0 Å². The molecule has 2 aliphatic rings. The van der Waals surface area contributed by atoms with Gasteiger partial charge in [0.25, 0.3) is 0 Å². The number of nitrogens with one attached hydrogen (secondary N) is 2. The van der Waals surface area contributed by atoms with Gasteiger partial charge in [-0.05, 0) is 51.0 Å². The van der Waals surface area contributed by atoms with Crippen molar-refractivity contribution in [2.45, 2.75) is 64.2 Å². The van der Waals surface area contributed by atoms with Crippen LogP contribution in [0.1, 0.15) is 46.0 Å². The molecule has 6 nitrogen and oxygen atoms in total. The number of likely N-dealkylation sites (tertiary alicyclic amines) is 1. The van der Waals surface area contributed by atoms with Gasteiger partial charge in [0.05, 0.1) is 24.9 Å². The molecular weight excluding hydrogens is 360 g/mol. The maximum Gasteiger partial charge on any atom is 0.169 e. The van der Waals surface area contributed by atoms with Crippen molar-refractivity contribution in [1.82, 2.24) is 20.2 Å². The van der Waals surface area contributed by atoms with Gasteiger partial charge in [-0.3, -0.25) is 0 Å². The van der Waals surface area contributed by atoms with Gasteiger partial charge in [0.2, 0.25) is 0 Å². The van der Waals surface area contributed by atoms with Gasteiger partial charge in [0, 0.05) is 12.1 Å². The molecule has 3 N–H and O–H groups in total. The van der Waals surface area contributed by atoms with E-state index >= 15 is 0 Å². The molecule has 1 aromatic carbocycles. The minimum absolute atomic E-state index is 0.167. The first-order valence-electron chi connectivity index (χ1n) is 9.85. The van der Waals surface area contributed by atoms with Crippen molar-refractivity contribution in [3.05, 3.63) is 24.5 Å². The maximum atomic E-state index is 8.06. The van der Waals surface area contributed by atoms with Gasteiger partial charge in [-0.15, -0.1) is 0 Å². The van der Waals surface area contributed by atoms with Crippen molar-refractivity contribution < 1.29 is 9.84 Å². The van der Waals surface area contributed by atoms with Crippen molar-refractivity contribution in [3.8, 4) is 5.75 Å². The fourth-order valence-corrected chi connectivity index (χ4v) is 3.72. The number of aliphatic hydroxyl groups is 1. The van der Waals surface area contributed by atoms with Crippen LogP contribution in [0, 0.1) is 0 Å². The number of imidazole rings is 1. The van der Waals surface area contributed by atoms with Crippen LogP contribution in [-0.2, 0) is 0 Å². The molecule has 1 aliphatic heterocycles. The fourth-order valence-electron chi connectivity index (χ4n) is 3.40. The third-order valence-corrected chi connectivity index (χ3v) is 5.15. The number of thiocarbonyl (C=S) groups is 1. The van der Waals surface area contributed by atoms with Crippen molar-refractivity contribution in [1.29, 1.82) is 0 Å². The van der Waals surface area contributed by atoms with Crippen molar-refractivity contribution in [2.24, 2.45) is 0 Å². The molecule has 0 radical (unpaired) electrons. The van der Waals surface area contributed by atoms with Crippen LogP contribution in [0.5, 0.6) is 5.75 Å². The lowest BCUT2D eigenvalue weighted by molar-refractivity contribution is 0.0675. The number of hydrogen-bond acceptors (Lipinski definition) is 4. The van der Waals surface area contributed by atoms with Gasteiger partial charge in [-0.1, -0.05) is 25.3 Å². The molecule has 0 unspecified atom stereocenters. The van der Waals surface area contributed by atoms with E-state index in [9.17, 15) is 0 Å². The maximum absolute atomic E-state index is 8.06. The van der Waals surface area contributed by atoms with Gasteiger partial charge >= 0.3 is 0 Å². The van der Waals surface area contributed by atoms with Gasteiger partial charge < -0.3 is 25.0 Å². The quantitative estimate of drug-likeness (QED) is 0.699. The van der Waals surface area contributed by atoms with Crippen LogP contribution in [0.15, 0.2) is 24.5 Å². The second-order valence-corrected chi connectivity index (χ2v) is 7.96. The Morgan fingerprint density at radius 1 is 1.30 bits per heavy atom. The molecule has 7 heteroatoms. The minimum atomic E-state index is -0.167. The summed E-state index contributed by atoms with van der Waals surface area (Å²) in [7, 11) is 0. The van der Waals surface area contributed by atoms with Crippen LogP contribution in [0.25, 0.3) is 11.0 Å². The van der Waals surface area contributed by atoms with E-state index in [-0.39, 0.29) is 12.2 Å². The zero-order chi connectivity index (χ0) is 19.2. The number of H-pyrrole nitrogens is 1. The molecule has 2 aromatic rings. The number of nitrogens with zero attached hydrogens (tertiary/aromatic N) is 2. The van der Waals surface area contributed by atoms with Gasteiger partial charge in [0.1, 0.15) is 17.4 Å². The predicted molar refractivity (Wildman–Crippen MR) is 112 cm³/mol. The second-order valence-electron chi connectivity index (χ2n) is 7.58. The molecule has 0 bridgehead atoms. The van der Waals surface area contributed by atoms with E-state index in [0.717, 1.165) is 35.0 Å². The first kappa shape index (κ1) is 19.9. The molecule has 27 heavy (non-hydrogen) atoms. The molecule has 0 spiro atoms. The summed E-state index contributed by atoms with van der Waals surface area (Å²) in [5.74, 6) is 0.847. The van der Waals surface area contributed by atoms with E-state index in [1.807, 2.05) is 18.2 Å². The van der Waals surface area contributed by atoms with Crippen LogP contribution in [0.4, 0.5) is 0 Å². The third-order valence-electron chi connectivity index (χ3n) is 4.77. The number of aromatic nitrogens is 2. The number of para-hydroxylation sites is 1. The lowest BCUT2D eigenvalue weighted by Crippen LogP contribution is -2.60. The Labute approximate surface area is 166 Å². The Kier molecular flexibility index (Phi) is 6.90. The largest absolute Gasteiger partial charge is 0.484 e. The summed E-state index contributed by atoms with van der Waals surface area (Å²) in [5, 5.41) is 12.5. The molecule has 1 saturated carbocycles. The standard InChI is InChI=1S/C17H22N4OS.C3H8O/c23-17(20-12-5-2-1-3-6-12)21-9-13(10-21)22-15-8-4-7-14-16(15)19-11-18-14;1-3(2)4/h4,7-8,11-13H,1-3,5-6,9-10H2,(H,18,19)(H,20,23);3-4H,1-2H3. The van der Waals surface area contributed by atoms with Crippen LogP contribution < -0.4 is 10.1 Å². The summed E-state index contributed by atoms with van der Waals surface area (Å²) in [6.45, 7) is 5.14. The second kappa shape index (κ2) is 9.37. The molecule has 2 heterocycles. The van der Waals surface area contributed by atoms with E-state index in [1.165, 1.54) is 32.1 Å². The predicted octanol–water partition coefficient (Wildman–Crippen LogP) is 3.22. The summed E-state index contributed by atoms with van der Waals surface area (Å²) in [5.41, 5.74) is 1.90. The molecule has 148 valence electrons. The summed E-state index contributed by atoms with van der Waals surface area (Å²) in [4.78, 5) is 9.63. The van der Waals surface area contributed by atoms with Gasteiger partial charge in [-0.2, -0.15) is 0 Å². The smallest absolute Gasteiger partial charge is 0.169 e. The van der Waals surface area contributed by atoms with Gasteiger partial charge in [0.15, 0.2) is 5.11 Å². The Balaban J connectivity index is 0.000000481. The summed E-state index contributed by atoms with van der Waals surface area (Å²) in [6.07, 6.45) is 8.21. The average Bonchev–Trinajstić information content (AvgIpc) is 3.07. The molecule has 1 saturated heterocycles. The zero-order valence-corrected chi connectivity index (χ0v) is 17.0. The molecule has 1 aliphatic carbocycles. The third kappa shape index (κ3) is 5.56. The highest BCUT2D eigenvalue weighted by molar-refractivity contribution is 7.80. The highest BCUT2D eigenvalue weighted by atomic mass is 32.1. The molecule has 0 amide bonds. The van der Waals surface area contributed by atoms with Crippen LogP contribution in [0.3, 0.4) is 0 Å². The van der Waals surface area contributed by atoms with Crippen LogP contribution in [-0.4, -0.2) is 56.4 Å². The lowest BCUT2D eigenvalue weighted by atomic mass is 9.96. The lowest BCUT2D eigenvalue weighted by Gasteiger charge is -2.41. The van der Waals surface area contributed by atoms with Crippen molar-refractivity contribution in [3.63, 3.8) is 0 Å². The number of fused-ring (bicyclic) bond motifs is 1. The topological polar surface area (TPSA) is 73.4 Å². The SMILES string of the molecule is CC(C)O.S=C(NC1CCCCC1)N1CC(Oc2cccc3[nH]cnc23)C1. The highest BCUT2D eigenvalue weighted by Gasteiger charge is 2.31. The number of aliphatic hydroxyl groups excluding tert-OH is 1. The van der Waals surface area contributed by atoms with E-state index < -0.39 is 0 Å². The Bertz CT molecular complexity index is 734. The molecule has 1 aromatic heterocycles. The molecule has 0 atom stereocenters. The number of aromatic amines is 1. The highest BCUT2D eigenvalue weighted by Crippen LogP contribution is 2.25.